The van der Waals surface area contributed by atoms with Crippen molar-refractivity contribution in [2.45, 2.75) is 44.8 Å². The molecule has 0 amide bonds. The van der Waals surface area contributed by atoms with Crippen LogP contribution in [0.3, 0.4) is 0 Å². The summed E-state index contributed by atoms with van der Waals surface area (Å²) in [4.78, 5) is 35.1. The van der Waals surface area contributed by atoms with Crippen molar-refractivity contribution in [3.8, 4) is 0 Å². The Morgan fingerprint density at radius 1 is 1.27 bits per heavy atom. The van der Waals surface area contributed by atoms with Crippen molar-refractivity contribution in [3.63, 3.8) is 0 Å². The molecule has 0 spiro atoms. The summed E-state index contributed by atoms with van der Waals surface area (Å²) >= 11 is 0. The van der Waals surface area contributed by atoms with Gasteiger partial charge in [0.05, 0.1) is 5.92 Å². The van der Waals surface area contributed by atoms with Gasteiger partial charge in [0.1, 0.15) is 12.2 Å². The van der Waals surface area contributed by atoms with Crippen LogP contribution in [0.5, 0.6) is 0 Å². The minimum Gasteiger partial charge on any atom is -0.458 e. The maximum atomic E-state index is 11.9. The molecule has 4 fully saturated rings. The van der Waals surface area contributed by atoms with Crippen molar-refractivity contribution in [1.29, 1.82) is 0 Å². The molecule has 4 aliphatic rings. The third-order valence-electron chi connectivity index (χ3n) is 4.78. The Balaban J connectivity index is 1.60. The second kappa shape index (κ2) is 5.74. The lowest BCUT2D eigenvalue weighted by molar-refractivity contribution is -0.177. The van der Waals surface area contributed by atoms with Gasteiger partial charge in [-0.15, -0.1) is 0 Å². The summed E-state index contributed by atoms with van der Waals surface area (Å²) in [6.07, 6.45) is 2.55. The average molecular weight is 308 g/mol. The van der Waals surface area contributed by atoms with Crippen molar-refractivity contribution in [1.82, 2.24) is 0 Å². The highest BCUT2D eigenvalue weighted by atomic mass is 16.6. The molecule has 2 unspecified atom stereocenters. The zero-order valence-electron chi connectivity index (χ0n) is 12.6. The normalized spacial score (nSPS) is 35.5. The summed E-state index contributed by atoms with van der Waals surface area (Å²) in [6.45, 7) is 4.51. The molecule has 4 rings (SSSR count). The first kappa shape index (κ1) is 15.1. The topological polar surface area (TPSA) is 78.9 Å². The van der Waals surface area contributed by atoms with E-state index in [2.05, 4.69) is 6.58 Å². The highest BCUT2D eigenvalue weighted by Crippen LogP contribution is 2.48. The summed E-state index contributed by atoms with van der Waals surface area (Å²) in [7, 11) is 0. The van der Waals surface area contributed by atoms with E-state index in [4.69, 9.17) is 14.2 Å². The minimum absolute atomic E-state index is 0.0568. The van der Waals surface area contributed by atoms with Crippen LogP contribution in [0.4, 0.5) is 0 Å². The number of fused-ring (bicyclic) bond motifs is 1. The summed E-state index contributed by atoms with van der Waals surface area (Å²) in [5.74, 6) is -0.803. The van der Waals surface area contributed by atoms with Crippen molar-refractivity contribution in [2.75, 3.05) is 6.61 Å². The first-order valence-electron chi connectivity index (χ1n) is 7.66. The van der Waals surface area contributed by atoms with Gasteiger partial charge in [0.15, 0.2) is 6.61 Å². The standard InChI is InChI=1S/C16H20O6/c1-8(2)15(18)20-7-13(17)22-14-10-3-9-4-11(6-10)16(19)21-12(14)5-9/h9-12,14H,1,3-7H2,2H3/t9-,10+,11-,12?,14?/m0/s1. The lowest BCUT2D eigenvalue weighted by Crippen LogP contribution is -2.45. The molecular weight excluding hydrogens is 288 g/mol. The fourth-order valence-corrected chi connectivity index (χ4v) is 3.87. The van der Waals surface area contributed by atoms with E-state index < -0.39 is 24.6 Å². The van der Waals surface area contributed by atoms with Gasteiger partial charge in [-0.25, -0.2) is 9.59 Å². The number of hydrogen-bond donors (Lipinski definition) is 0. The molecule has 6 heteroatoms. The Morgan fingerprint density at radius 2 is 2.05 bits per heavy atom. The third kappa shape index (κ3) is 2.87. The Kier molecular flexibility index (Phi) is 3.93. The smallest absolute Gasteiger partial charge is 0.344 e. The molecule has 2 aliphatic carbocycles. The second-order valence-corrected chi connectivity index (χ2v) is 6.55. The summed E-state index contributed by atoms with van der Waals surface area (Å²) in [6, 6.07) is 0. The number of esters is 3. The maximum Gasteiger partial charge on any atom is 0.344 e. The van der Waals surface area contributed by atoms with E-state index >= 15 is 0 Å². The molecule has 120 valence electrons. The van der Waals surface area contributed by atoms with Crippen LogP contribution in [-0.2, 0) is 28.6 Å². The van der Waals surface area contributed by atoms with Gasteiger partial charge in [0.25, 0.3) is 0 Å². The summed E-state index contributed by atoms with van der Waals surface area (Å²) in [5.41, 5.74) is 0.230. The van der Waals surface area contributed by atoms with Gasteiger partial charge in [-0.1, -0.05) is 6.58 Å². The van der Waals surface area contributed by atoms with E-state index in [-0.39, 0.29) is 29.5 Å². The van der Waals surface area contributed by atoms with Gasteiger partial charge < -0.3 is 14.2 Å². The predicted octanol–water partition coefficient (Wildman–Crippen LogP) is 1.38. The minimum atomic E-state index is -0.620. The fourth-order valence-electron chi connectivity index (χ4n) is 3.87. The molecule has 0 aromatic heterocycles. The largest absolute Gasteiger partial charge is 0.458 e. The first-order valence-corrected chi connectivity index (χ1v) is 7.66. The van der Waals surface area contributed by atoms with Gasteiger partial charge in [-0.3, -0.25) is 4.79 Å². The molecule has 6 nitrogen and oxygen atoms in total. The number of carbonyl (C=O) groups is 3. The molecule has 2 aliphatic heterocycles. The Morgan fingerprint density at radius 3 is 2.77 bits per heavy atom. The van der Waals surface area contributed by atoms with Gasteiger partial charge in [-0.2, -0.15) is 0 Å². The average Bonchev–Trinajstić information content (AvgIpc) is 2.62. The van der Waals surface area contributed by atoms with E-state index in [1.807, 2.05) is 0 Å². The molecule has 0 N–H and O–H groups in total. The van der Waals surface area contributed by atoms with Crippen LogP contribution >= 0.6 is 0 Å². The van der Waals surface area contributed by atoms with Gasteiger partial charge in [-0.05, 0) is 38.5 Å². The molecule has 5 atom stereocenters. The fraction of sp³-hybridized carbons (Fsp3) is 0.688. The second-order valence-electron chi connectivity index (χ2n) is 6.55. The van der Waals surface area contributed by atoms with Crippen molar-refractivity contribution < 1.29 is 28.6 Å². The van der Waals surface area contributed by atoms with Crippen LogP contribution in [0.25, 0.3) is 0 Å². The molecule has 0 aromatic carbocycles. The van der Waals surface area contributed by atoms with Crippen LogP contribution in [0, 0.1) is 17.8 Å². The van der Waals surface area contributed by atoms with Crippen LogP contribution in [0.15, 0.2) is 12.2 Å². The molecule has 0 radical (unpaired) electrons. The highest BCUT2D eigenvalue weighted by molar-refractivity contribution is 5.88. The molecule has 22 heavy (non-hydrogen) atoms. The lowest BCUT2D eigenvalue weighted by Gasteiger charge is -2.41. The molecule has 2 heterocycles. The zero-order chi connectivity index (χ0) is 15.9. The number of rotatable bonds is 4. The monoisotopic (exact) mass is 308 g/mol. The SMILES string of the molecule is C=C(C)C(=O)OCC(=O)OC1C2C[C@@H]3C[C@@H](C[C@H]1C3)C(=O)O2. The van der Waals surface area contributed by atoms with Crippen molar-refractivity contribution >= 4 is 17.9 Å². The molecule has 0 aromatic rings. The van der Waals surface area contributed by atoms with E-state index in [1.54, 1.807) is 0 Å². The van der Waals surface area contributed by atoms with E-state index in [0.29, 0.717) is 5.92 Å². The zero-order valence-corrected chi connectivity index (χ0v) is 12.6. The van der Waals surface area contributed by atoms with Gasteiger partial charge in [0.2, 0.25) is 0 Å². The Labute approximate surface area is 128 Å². The van der Waals surface area contributed by atoms with Crippen LogP contribution in [0.2, 0.25) is 0 Å². The van der Waals surface area contributed by atoms with Gasteiger partial charge >= 0.3 is 17.9 Å². The molecular formula is C16H20O6. The van der Waals surface area contributed by atoms with Crippen molar-refractivity contribution in [2.24, 2.45) is 17.8 Å². The Hall–Kier alpha value is -1.85. The van der Waals surface area contributed by atoms with Crippen LogP contribution < -0.4 is 0 Å². The van der Waals surface area contributed by atoms with Crippen LogP contribution in [0.1, 0.15) is 32.6 Å². The quantitative estimate of drug-likeness (QED) is 0.443. The Bertz CT molecular complexity index is 525. The predicted molar refractivity (Wildman–Crippen MR) is 74.5 cm³/mol. The van der Waals surface area contributed by atoms with E-state index in [9.17, 15) is 14.4 Å². The number of ether oxygens (including phenoxy) is 3. The summed E-state index contributed by atoms with van der Waals surface area (Å²) in [5, 5.41) is 0. The number of hydrogen-bond acceptors (Lipinski definition) is 6. The maximum absolute atomic E-state index is 11.9. The third-order valence-corrected chi connectivity index (χ3v) is 4.78. The van der Waals surface area contributed by atoms with Crippen LogP contribution in [-0.4, -0.2) is 36.7 Å². The lowest BCUT2D eigenvalue weighted by atomic mass is 9.67. The first-order chi connectivity index (χ1) is 10.4. The van der Waals surface area contributed by atoms with E-state index in [1.165, 1.54) is 6.92 Å². The summed E-state index contributed by atoms with van der Waals surface area (Å²) < 4.78 is 15.7. The van der Waals surface area contributed by atoms with Crippen molar-refractivity contribution in [3.05, 3.63) is 12.2 Å². The molecule has 2 saturated carbocycles. The van der Waals surface area contributed by atoms with E-state index in [0.717, 1.165) is 25.7 Å². The molecule has 4 bridgehead atoms. The number of carbonyl (C=O) groups excluding carboxylic acids is 3. The van der Waals surface area contributed by atoms with Gasteiger partial charge in [0, 0.05) is 11.5 Å². The molecule has 2 saturated heterocycles. The highest BCUT2D eigenvalue weighted by Gasteiger charge is 2.51.